The van der Waals surface area contributed by atoms with Crippen LogP contribution >= 0.6 is 0 Å². The van der Waals surface area contributed by atoms with Crippen LogP contribution in [0.4, 0.5) is 17.6 Å². The van der Waals surface area contributed by atoms with Crippen molar-refractivity contribution in [1.29, 1.82) is 0 Å². The zero-order valence-electron chi connectivity index (χ0n) is 15.9. The minimum Gasteiger partial charge on any atom is -0.356 e. The van der Waals surface area contributed by atoms with Gasteiger partial charge in [-0.25, -0.2) is 26.0 Å². The molecule has 0 atom stereocenters. The summed E-state index contributed by atoms with van der Waals surface area (Å²) in [5.41, 5.74) is 0.417. The van der Waals surface area contributed by atoms with Gasteiger partial charge in [-0.1, -0.05) is 0 Å². The molecule has 1 N–H and O–H groups in total. The molecule has 10 heteroatoms. The van der Waals surface area contributed by atoms with Gasteiger partial charge in [0.2, 0.25) is 15.9 Å². The lowest BCUT2D eigenvalue weighted by Crippen LogP contribution is -2.43. The van der Waals surface area contributed by atoms with E-state index in [1.165, 1.54) is 12.1 Å². The fourth-order valence-electron chi connectivity index (χ4n) is 3.37. The zero-order chi connectivity index (χ0) is 21.9. The first kappa shape index (κ1) is 22.2. The Morgan fingerprint density at radius 3 is 2.20 bits per heavy atom. The van der Waals surface area contributed by atoms with Crippen molar-refractivity contribution in [3.05, 3.63) is 65.2 Å². The Morgan fingerprint density at radius 1 is 0.967 bits per heavy atom. The second-order valence-electron chi connectivity index (χ2n) is 7.07. The van der Waals surface area contributed by atoms with E-state index in [0.717, 1.165) is 22.5 Å². The summed E-state index contributed by atoms with van der Waals surface area (Å²) < 4.78 is 79.1. The van der Waals surface area contributed by atoms with Gasteiger partial charge in [0, 0.05) is 31.6 Å². The average Bonchev–Trinajstić information content (AvgIpc) is 2.69. The number of hydrogen-bond donors (Lipinski definition) is 1. The van der Waals surface area contributed by atoms with Gasteiger partial charge in [0.05, 0.1) is 4.90 Å². The molecule has 0 unspecified atom stereocenters. The molecule has 1 amide bonds. The quantitative estimate of drug-likeness (QED) is 0.697. The van der Waals surface area contributed by atoms with E-state index in [1.54, 1.807) is 0 Å². The molecular formula is C20H20F4N2O3S. The van der Waals surface area contributed by atoms with Crippen molar-refractivity contribution < 1.29 is 30.8 Å². The molecule has 5 nitrogen and oxygen atoms in total. The summed E-state index contributed by atoms with van der Waals surface area (Å²) >= 11 is 0. The van der Waals surface area contributed by atoms with Gasteiger partial charge in [-0.15, -0.1) is 0 Å². The molecule has 1 aliphatic heterocycles. The number of nitrogens with one attached hydrogen (secondary N) is 1. The number of carbonyl (C=O) groups is 1. The first-order valence-corrected chi connectivity index (χ1v) is 10.8. The predicted octanol–water partition coefficient (Wildman–Crippen LogP) is 3.00. The van der Waals surface area contributed by atoms with E-state index >= 15 is 0 Å². The van der Waals surface area contributed by atoms with E-state index in [9.17, 15) is 30.8 Å². The number of hydrogen-bond acceptors (Lipinski definition) is 3. The molecular weight excluding hydrogens is 424 g/mol. The highest BCUT2D eigenvalue weighted by Gasteiger charge is 2.32. The standard InChI is InChI=1S/C20H20F4N2O3S/c21-15-9-13(10-16(22)11-15)3-6-25-20(27)14-4-7-26(8-5-14)30(28,29)17-1-2-18(23)19(24)12-17/h1-2,9-12,14H,3-8H2,(H,25,27). The van der Waals surface area contributed by atoms with Crippen LogP contribution in [0.5, 0.6) is 0 Å². The van der Waals surface area contributed by atoms with Crippen LogP contribution < -0.4 is 5.32 Å². The second kappa shape index (κ2) is 9.13. The first-order valence-electron chi connectivity index (χ1n) is 9.34. The Balaban J connectivity index is 1.51. The van der Waals surface area contributed by atoms with Gasteiger partial charge in [0.15, 0.2) is 11.6 Å². The fraction of sp³-hybridized carbons (Fsp3) is 0.350. The predicted molar refractivity (Wildman–Crippen MR) is 101 cm³/mol. The number of piperidine rings is 1. The SMILES string of the molecule is O=C(NCCc1cc(F)cc(F)c1)C1CCN(S(=O)(=O)c2ccc(F)c(F)c2)CC1. The topological polar surface area (TPSA) is 66.5 Å². The Labute approximate surface area is 171 Å². The normalized spacial score (nSPS) is 15.9. The molecule has 0 radical (unpaired) electrons. The van der Waals surface area contributed by atoms with Gasteiger partial charge < -0.3 is 5.32 Å². The van der Waals surface area contributed by atoms with Crippen LogP contribution in [0.3, 0.4) is 0 Å². The molecule has 0 spiro atoms. The molecule has 0 aromatic heterocycles. The average molecular weight is 444 g/mol. The lowest BCUT2D eigenvalue weighted by molar-refractivity contribution is -0.126. The van der Waals surface area contributed by atoms with Crippen molar-refractivity contribution in [2.75, 3.05) is 19.6 Å². The van der Waals surface area contributed by atoms with Crippen LogP contribution in [0.1, 0.15) is 18.4 Å². The molecule has 1 aliphatic rings. The Morgan fingerprint density at radius 2 is 1.60 bits per heavy atom. The number of benzene rings is 2. The van der Waals surface area contributed by atoms with Crippen molar-refractivity contribution in [3.63, 3.8) is 0 Å². The number of sulfonamides is 1. The van der Waals surface area contributed by atoms with Gasteiger partial charge in [-0.3, -0.25) is 4.79 Å². The lowest BCUT2D eigenvalue weighted by atomic mass is 9.97. The summed E-state index contributed by atoms with van der Waals surface area (Å²) in [4.78, 5) is 12.0. The molecule has 1 saturated heterocycles. The van der Waals surface area contributed by atoms with Gasteiger partial charge in [0.1, 0.15) is 11.6 Å². The first-order chi connectivity index (χ1) is 14.2. The van der Waals surface area contributed by atoms with E-state index in [1.807, 2.05) is 0 Å². The van der Waals surface area contributed by atoms with E-state index < -0.39 is 39.2 Å². The van der Waals surface area contributed by atoms with Gasteiger partial charge >= 0.3 is 0 Å². The van der Waals surface area contributed by atoms with E-state index in [0.29, 0.717) is 11.6 Å². The van der Waals surface area contributed by atoms with Crippen LogP contribution in [0.15, 0.2) is 41.3 Å². The van der Waals surface area contributed by atoms with Crippen LogP contribution in [0.25, 0.3) is 0 Å². The smallest absolute Gasteiger partial charge is 0.243 e. The maximum Gasteiger partial charge on any atom is 0.243 e. The fourth-order valence-corrected chi connectivity index (χ4v) is 4.86. The highest BCUT2D eigenvalue weighted by atomic mass is 32.2. The summed E-state index contributed by atoms with van der Waals surface area (Å²) in [6, 6.07) is 5.55. The Bertz CT molecular complexity index is 1020. The van der Waals surface area contributed by atoms with Crippen LogP contribution in [-0.2, 0) is 21.2 Å². The Kier molecular flexibility index (Phi) is 6.77. The van der Waals surface area contributed by atoms with Crippen LogP contribution in [0, 0.1) is 29.2 Å². The minimum atomic E-state index is -3.99. The van der Waals surface area contributed by atoms with Gasteiger partial charge in [-0.2, -0.15) is 4.31 Å². The molecule has 0 aliphatic carbocycles. The third-order valence-corrected chi connectivity index (χ3v) is 6.88. The molecule has 1 fully saturated rings. The van der Waals surface area contributed by atoms with Crippen molar-refractivity contribution in [1.82, 2.24) is 9.62 Å². The minimum absolute atomic E-state index is 0.0640. The number of amides is 1. The lowest BCUT2D eigenvalue weighted by Gasteiger charge is -2.30. The monoisotopic (exact) mass is 444 g/mol. The van der Waals surface area contributed by atoms with Crippen LogP contribution in [-0.4, -0.2) is 38.3 Å². The summed E-state index contributed by atoms with van der Waals surface area (Å²) in [6.07, 6.45) is 0.788. The molecule has 2 aromatic carbocycles. The van der Waals surface area contributed by atoms with Crippen molar-refractivity contribution in [3.8, 4) is 0 Å². The van der Waals surface area contributed by atoms with E-state index in [4.69, 9.17) is 0 Å². The molecule has 1 heterocycles. The molecule has 2 aromatic rings. The number of nitrogens with zero attached hydrogens (tertiary/aromatic N) is 1. The summed E-state index contributed by atoms with van der Waals surface area (Å²) in [5, 5.41) is 2.70. The van der Waals surface area contributed by atoms with Crippen molar-refractivity contribution >= 4 is 15.9 Å². The third-order valence-electron chi connectivity index (χ3n) is 4.99. The number of carbonyl (C=O) groups excluding carboxylic acids is 1. The number of rotatable bonds is 6. The largest absolute Gasteiger partial charge is 0.356 e. The highest BCUT2D eigenvalue weighted by molar-refractivity contribution is 7.89. The molecule has 3 rings (SSSR count). The summed E-state index contributed by atoms with van der Waals surface area (Å²) in [6.45, 7) is 0.318. The van der Waals surface area contributed by atoms with Gasteiger partial charge in [-0.05, 0) is 55.2 Å². The molecule has 162 valence electrons. The molecule has 30 heavy (non-hydrogen) atoms. The summed E-state index contributed by atoms with van der Waals surface area (Å²) in [5.74, 6) is -4.44. The van der Waals surface area contributed by atoms with E-state index in [-0.39, 0.29) is 49.7 Å². The second-order valence-corrected chi connectivity index (χ2v) is 9.01. The summed E-state index contributed by atoms with van der Waals surface area (Å²) in [7, 11) is -3.99. The number of halogens is 4. The molecule has 0 saturated carbocycles. The maximum absolute atomic E-state index is 13.4. The van der Waals surface area contributed by atoms with Crippen LogP contribution in [0.2, 0.25) is 0 Å². The third kappa shape index (κ3) is 5.17. The van der Waals surface area contributed by atoms with Crippen molar-refractivity contribution in [2.45, 2.75) is 24.2 Å². The van der Waals surface area contributed by atoms with Gasteiger partial charge in [0.25, 0.3) is 0 Å². The van der Waals surface area contributed by atoms with Crippen molar-refractivity contribution in [2.24, 2.45) is 5.92 Å². The zero-order valence-corrected chi connectivity index (χ0v) is 16.7. The molecule has 0 bridgehead atoms. The Hall–Kier alpha value is -2.46. The van der Waals surface area contributed by atoms with E-state index in [2.05, 4.69) is 5.32 Å². The highest BCUT2D eigenvalue weighted by Crippen LogP contribution is 2.25. The maximum atomic E-state index is 13.4.